The second-order valence-corrected chi connectivity index (χ2v) is 8.25. The molecule has 7 heteroatoms. The molecule has 2 aliphatic heterocycles. The van der Waals surface area contributed by atoms with Crippen molar-refractivity contribution >= 4 is 29.2 Å². The van der Waals surface area contributed by atoms with Crippen LogP contribution < -0.4 is 9.64 Å². The highest BCUT2D eigenvalue weighted by molar-refractivity contribution is 6.29. The van der Waals surface area contributed by atoms with Crippen molar-refractivity contribution in [3.8, 4) is 5.75 Å². The van der Waals surface area contributed by atoms with E-state index in [-0.39, 0.29) is 24.5 Å². The van der Waals surface area contributed by atoms with E-state index in [1.807, 2.05) is 52.0 Å². The highest BCUT2D eigenvalue weighted by Crippen LogP contribution is 2.33. The van der Waals surface area contributed by atoms with Crippen LogP contribution in [0.1, 0.15) is 33.3 Å². The molecule has 0 N–H and O–H groups in total. The number of carbonyl (C=O) groups excluding carboxylic acids is 3. The van der Waals surface area contributed by atoms with Crippen molar-refractivity contribution in [2.45, 2.75) is 45.9 Å². The third-order valence-electron chi connectivity index (χ3n) is 5.52. The molecule has 2 aliphatic rings. The quantitative estimate of drug-likeness (QED) is 0.697. The van der Waals surface area contributed by atoms with Crippen LogP contribution in [0.3, 0.4) is 0 Å². The summed E-state index contributed by atoms with van der Waals surface area (Å²) in [4.78, 5) is 43.0. The number of hydrogen-bond donors (Lipinski definition) is 0. The Hall–Kier alpha value is -3.48. The Morgan fingerprint density at radius 3 is 2.26 bits per heavy atom. The van der Waals surface area contributed by atoms with E-state index >= 15 is 0 Å². The van der Waals surface area contributed by atoms with Gasteiger partial charge in [-0.1, -0.05) is 30.3 Å². The Kier molecular flexibility index (Phi) is 5.35. The molecule has 1 unspecified atom stereocenters. The first kappa shape index (κ1) is 20.8. The Morgan fingerprint density at radius 1 is 1.00 bits per heavy atom. The van der Waals surface area contributed by atoms with Crippen molar-refractivity contribution in [3.05, 3.63) is 60.2 Å². The highest BCUT2D eigenvalue weighted by Gasteiger charge is 2.55. The van der Waals surface area contributed by atoms with Crippen LogP contribution in [0.15, 0.2) is 54.6 Å². The maximum Gasteiger partial charge on any atom is 0.506 e. The van der Waals surface area contributed by atoms with E-state index in [1.54, 1.807) is 35.2 Å². The molecule has 0 saturated carbocycles. The third-order valence-corrected chi connectivity index (χ3v) is 5.52. The van der Waals surface area contributed by atoms with Crippen LogP contribution in [0.2, 0.25) is 0 Å². The summed E-state index contributed by atoms with van der Waals surface area (Å²) in [6, 6.07) is 15.3. The average molecular weight is 420 g/mol. The van der Waals surface area contributed by atoms with Gasteiger partial charge in [-0.15, -0.1) is 4.90 Å². The molecule has 0 aliphatic carbocycles. The van der Waals surface area contributed by atoms with Crippen LogP contribution in [-0.4, -0.2) is 57.8 Å². The molecule has 0 fully saturated rings. The molecule has 0 saturated heterocycles. The van der Waals surface area contributed by atoms with Gasteiger partial charge in [0.15, 0.2) is 12.3 Å². The van der Waals surface area contributed by atoms with Gasteiger partial charge in [-0.3, -0.25) is 4.79 Å². The standard InChI is InChI=1S/C24H26N3O4/c1-15(2)26(16(3)4)20(28)14-25-21-18-12-8-9-13-19(18)31-22(21)23(29)27(24(25)30)17-10-6-5-7-11-17/h5-13,15-16,22H,14H2,1-4H3/q+1. The van der Waals surface area contributed by atoms with E-state index in [2.05, 4.69) is 0 Å². The normalized spacial score (nSPS) is 17.7. The minimum Gasteiger partial charge on any atom is -0.469 e. The number of benzene rings is 2. The summed E-state index contributed by atoms with van der Waals surface area (Å²) in [5.74, 6) is -0.118. The van der Waals surface area contributed by atoms with Crippen LogP contribution in [0.5, 0.6) is 5.75 Å². The van der Waals surface area contributed by atoms with Crippen molar-refractivity contribution in [2.24, 2.45) is 0 Å². The zero-order valence-corrected chi connectivity index (χ0v) is 18.1. The van der Waals surface area contributed by atoms with Gasteiger partial charge in [0.1, 0.15) is 11.4 Å². The molecule has 4 amide bonds. The van der Waals surface area contributed by atoms with Gasteiger partial charge >= 0.3 is 11.9 Å². The van der Waals surface area contributed by atoms with Gasteiger partial charge in [-0.25, -0.2) is 4.79 Å². The smallest absolute Gasteiger partial charge is 0.469 e. The van der Waals surface area contributed by atoms with Crippen molar-refractivity contribution in [1.29, 1.82) is 0 Å². The molecule has 2 heterocycles. The SMILES string of the molecule is CC(C)N(C(=O)C[N+]1=C2c3ccccc3OC2C(=O)N(c2ccccc2)C1=O)C(C)C. The van der Waals surface area contributed by atoms with E-state index in [4.69, 9.17) is 4.74 Å². The predicted octanol–water partition coefficient (Wildman–Crippen LogP) is 3.06. The number of fused-ring (bicyclic) bond motifs is 3. The Bertz CT molecular complexity index is 1070. The van der Waals surface area contributed by atoms with Crippen molar-refractivity contribution in [1.82, 2.24) is 4.90 Å². The zero-order chi connectivity index (χ0) is 22.3. The molecule has 1 atom stereocenters. The van der Waals surface area contributed by atoms with Gasteiger partial charge < -0.3 is 9.64 Å². The third kappa shape index (κ3) is 3.50. The summed E-state index contributed by atoms with van der Waals surface area (Å²) in [6.45, 7) is 7.61. The molecular weight excluding hydrogens is 394 g/mol. The monoisotopic (exact) mass is 420 g/mol. The maximum absolute atomic E-state index is 13.6. The molecular formula is C24H26N3O4+. The number of nitrogens with zero attached hydrogens (tertiary/aromatic N) is 3. The average Bonchev–Trinajstić information content (AvgIpc) is 3.11. The number of amides is 4. The molecule has 0 bridgehead atoms. The molecule has 4 rings (SSSR count). The number of carbonyl (C=O) groups is 3. The van der Waals surface area contributed by atoms with Gasteiger partial charge in [0.25, 0.3) is 12.0 Å². The molecule has 0 spiro atoms. The maximum atomic E-state index is 13.6. The van der Waals surface area contributed by atoms with Gasteiger partial charge in [0, 0.05) is 12.1 Å². The molecule has 7 nitrogen and oxygen atoms in total. The molecule has 0 radical (unpaired) electrons. The summed E-state index contributed by atoms with van der Waals surface area (Å²) in [7, 11) is 0. The summed E-state index contributed by atoms with van der Waals surface area (Å²) < 4.78 is 7.34. The van der Waals surface area contributed by atoms with Gasteiger partial charge in [0.2, 0.25) is 0 Å². The van der Waals surface area contributed by atoms with Crippen molar-refractivity contribution in [3.63, 3.8) is 0 Å². The Morgan fingerprint density at radius 2 is 1.61 bits per heavy atom. The zero-order valence-electron chi connectivity index (χ0n) is 18.1. The number of hydrogen-bond acceptors (Lipinski definition) is 4. The minimum atomic E-state index is -0.977. The number of imide groups is 1. The van der Waals surface area contributed by atoms with Gasteiger partial charge in [-0.2, -0.15) is 9.37 Å². The van der Waals surface area contributed by atoms with Crippen LogP contribution in [0.4, 0.5) is 10.5 Å². The fraction of sp³-hybridized carbons (Fsp3) is 0.333. The second kappa shape index (κ2) is 7.98. The van der Waals surface area contributed by atoms with Crippen molar-refractivity contribution < 1.29 is 23.7 Å². The Balaban J connectivity index is 1.83. The van der Waals surface area contributed by atoms with Crippen LogP contribution in [0.25, 0.3) is 0 Å². The number of urea groups is 1. The number of anilines is 1. The Labute approximate surface area is 181 Å². The fourth-order valence-electron chi connectivity index (χ4n) is 4.35. The van der Waals surface area contributed by atoms with E-state index in [0.717, 1.165) is 4.90 Å². The van der Waals surface area contributed by atoms with Crippen molar-refractivity contribution in [2.75, 3.05) is 11.4 Å². The summed E-state index contributed by atoms with van der Waals surface area (Å²) in [5.41, 5.74) is 1.53. The summed E-state index contributed by atoms with van der Waals surface area (Å²) in [5, 5.41) is 0. The molecule has 2 aromatic rings. The van der Waals surface area contributed by atoms with Gasteiger partial charge in [-0.05, 0) is 52.0 Å². The van der Waals surface area contributed by atoms with E-state index in [0.29, 0.717) is 22.7 Å². The lowest BCUT2D eigenvalue weighted by Gasteiger charge is -2.31. The number of rotatable bonds is 5. The molecule has 2 aromatic carbocycles. The van der Waals surface area contributed by atoms with Gasteiger partial charge in [0.05, 0.1) is 5.56 Å². The topological polar surface area (TPSA) is 69.9 Å². The highest BCUT2D eigenvalue weighted by atomic mass is 16.5. The lowest BCUT2D eigenvalue weighted by Crippen LogP contribution is -2.60. The molecule has 160 valence electrons. The second-order valence-electron chi connectivity index (χ2n) is 8.25. The first-order valence-corrected chi connectivity index (χ1v) is 10.5. The van der Waals surface area contributed by atoms with E-state index in [1.165, 1.54) is 4.58 Å². The predicted molar refractivity (Wildman–Crippen MR) is 117 cm³/mol. The first-order chi connectivity index (χ1) is 14.8. The fourth-order valence-corrected chi connectivity index (χ4v) is 4.35. The number of para-hydroxylation sites is 2. The largest absolute Gasteiger partial charge is 0.506 e. The first-order valence-electron chi connectivity index (χ1n) is 10.5. The lowest BCUT2D eigenvalue weighted by molar-refractivity contribution is -0.419. The molecule has 31 heavy (non-hydrogen) atoms. The summed E-state index contributed by atoms with van der Waals surface area (Å²) in [6.07, 6.45) is -0.977. The van der Waals surface area contributed by atoms with E-state index in [9.17, 15) is 14.4 Å². The van der Waals surface area contributed by atoms with E-state index < -0.39 is 18.0 Å². The van der Waals surface area contributed by atoms with Crippen LogP contribution >= 0.6 is 0 Å². The summed E-state index contributed by atoms with van der Waals surface area (Å²) >= 11 is 0. The van der Waals surface area contributed by atoms with Crippen LogP contribution in [-0.2, 0) is 9.59 Å². The van der Waals surface area contributed by atoms with Crippen LogP contribution in [0, 0.1) is 0 Å². The minimum absolute atomic E-state index is 0.0211. The molecule has 0 aromatic heterocycles. The number of ether oxygens (including phenoxy) is 1. The lowest BCUT2D eigenvalue weighted by atomic mass is 10.0.